The number of aryl methyl sites for hydroxylation is 1. The van der Waals surface area contributed by atoms with Gasteiger partial charge in [-0.15, -0.1) is 0 Å². The lowest BCUT2D eigenvalue weighted by Crippen LogP contribution is -2.69. The topological polar surface area (TPSA) is 723 Å². The number of carboxylic acids is 1. The van der Waals surface area contributed by atoms with E-state index in [1.807, 2.05) is 0 Å². The minimum absolute atomic E-state index is 0.199. The van der Waals surface area contributed by atoms with Gasteiger partial charge in [-0.1, -0.05) is 42.0 Å². The lowest BCUT2D eigenvalue weighted by Gasteiger charge is -2.50. The highest BCUT2D eigenvalue weighted by atomic mass is 32.2. The normalized spacial score (nSPS) is 44.2. The van der Waals surface area contributed by atoms with Gasteiger partial charge >= 0.3 is 5.97 Å². The van der Waals surface area contributed by atoms with E-state index in [9.17, 15) is 139 Å². The van der Waals surface area contributed by atoms with Crippen LogP contribution in [0.15, 0.2) is 70.5 Å². The number of thioether (sulfide) groups is 1. The van der Waals surface area contributed by atoms with Crippen molar-refractivity contribution in [2.75, 3.05) is 76.7 Å². The smallest absolute Gasteiger partial charge is 0.322 e. The summed E-state index contributed by atoms with van der Waals surface area (Å²) in [6, 6.07) is 12.2. The van der Waals surface area contributed by atoms with Crippen LogP contribution in [0.3, 0.4) is 0 Å². The lowest BCUT2D eigenvalue weighted by molar-refractivity contribution is -0.403. The van der Waals surface area contributed by atoms with Crippen molar-refractivity contribution in [3.63, 3.8) is 0 Å². The second kappa shape index (κ2) is 40.0. The van der Waals surface area contributed by atoms with Gasteiger partial charge < -0.3 is 198 Å². The zero-order chi connectivity index (χ0) is 87.2. The summed E-state index contributed by atoms with van der Waals surface area (Å²) in [6.07, 6.45) is -87.8. The molecule has 30 aliphatic rings. The molecule has 24 N–H and O–H groups in total. The van der Waals surface area contributed by atoms with Gasteiger partial charge in [-0.2, -0.15) is 24.9 Å². The van der Waals surface area contributed by atoms with E-state index in [4.69, 9.17) is 80.0 Å². The van der Waals surface area contributed by atoms with Crippen molar-refractivity contribution >= 4 is 54.3 Å². The number of hydrogen-bond donors (Lipinski definition) is 24. The minimum Gasteiger partial charge on any atom is -0.480 e. The van der Waals surface area contributed by atoms with Crippen LogP contribution in [0, 0.1) is 6.92 Å². The number of carbonyl (C=O) groups is 1. The number of aliphatic hydroxyl groups is 22. The average Bonchev–Trinajstić information content (AvgIpc) is 0.773. The molecule has 30 aliphatic heterocycles. The Morgan fingerprint density at radius 3 is 0.958 bits per heavy atom. The number of benzene rings is 3. The maximum atomic E-state index is 14.3. The van der Waals surface area contributed by atoms with E-state index < -0.39 is 340 Å². The number of sulfonamides is 1. The molecule has 680 valence electrons. The Morgan fingerprint density at radius 2 is 0.658 bits per heavy atom. The van der Waals surface area contributed by atoms with Crippen LogP contribution in [0.25, 0.3) is 10.8 Å². The van der Waals surface area contributed by atoms with Gasteiger partial charge in [0.05, 0.1) is 62.1 Å². The summed E-state index contributed by atoms with van der Waals surface area (Å²) >= 11 is 0.578. The number of aliphatic hydroxyl groups excluding tert-OH is 22. The molecule has 41 atom stereocenters. The first kappa shape index (κ1) is 95.0. The number of ether oxygens (including phenoxy) is 16. The SMILES string of the molecule is Cc1ccc(S(=O)(=O)OC[C@H]2O[C@@H]3O[C@H]4[C@H](O)[C@@H](O)[C@@H](O[C@H]5[C@H](O)[C@@H](O)[C@@H](O[C@H]6[C@H](O)[C@@H](O)[C@@H](O[C@H]7[C@H](O)[C@@H](O)[C@@H](O[C@H]8[C@H](O)[C@@H](O)[C@@H](O[C@H]9[C@H](O)[C@@H](O)[C@@H](O[C@H]%10[C@H](O)[C@@H](O)[C@@H](O[C@H]2[C@H](O)[C@H]3O)O[C@@H]%10CSC[C@H](NS(=O)(=O)c2cccc3c(N(C)C)cccc23)C(=O)O)O[C@@H]9CO)O[C@@H]8CO)O[C@@H]7CO)O[C@@H]6CO)O[C@@H]5CO)O[C@@H]4CO)cc1. The van der Waals surface area contributed by atoms with E-state index in [1.165, 1.54) is 30.3 Å². The molecule has 33 rings (SSSR count). The predicted molar refractivity (Wildman–Crippen MR) is 389 cm³/mol. The van der Waals surface area contributed by atoms with Gasteiger partial charge in [0.1, 0.15) is 195 Å². The maximum Gasteiger partial charge on any atom is 0.322 e. The molecule has 30 fully saturated rings. The van der Waals surface area contributed by atoms with Crippen molar-refractivity contribution in [1.29, 1.82) is 0 Å². The minimum atomic E-state index is -4.88. The fraction of sp³-hybridized carbons (Fsp3) is 0.757. The summed E-state index contributed by atoms with van der Waals surface area (Å²) in [5.41, 5.74) is 1.20. The van der Waals surface area contributed by atoms with Crippen LogP contribution in [0.2, 0.25) is 0 Å². The highest BCUT2D eigenvalue weighted by Crippen LogP contribution is 2.42. The van der Waals surface area contributed by atoms with Crippen molar-refractivity contribution in [2.45, 2.75) is 268 Å². The fourth-order valence-corrected chi connectivity index (χ4v) is 18.9. The number of aliphatic carboxylic acids is 1. The first-order valence-electron chi connectivity index (χ1n) is 37.9. The quantitative estimate of drug-likeness (QED) is 0.0496. The molecule has 0 saturated carbocycles. The molecule has 120 heavy (non-hydrogen) atoms. The molecule has 50 heteroatoms. The van der Waals surface area contributed by atoms with Crippen LogP contribution in [-0.4, -0.2) is 464 Å². The van der Waals surface area contributed by atoms with Crippen molar-refractivity contribution in [3.05, 3.63) is 66.2 Å². The van der Waals surface area contributed by atoms with E-state index in [-0.39, 0.29) is 10.3 Å². The number of nitrogens with zero attached hydrogens (tertiary/aromatic N) is 1. The van der Waals surface area contributed by atoms with Gasteiger partial charge in [0.25, 0.3) is 10.1 Å². The summed E-state index contributed by atoms with van der Waals surface area (Å²) in [5.74, 6) is -3.13. The van der Waals surface area contributed by atoms with E-state index in [0.717, 1.165) is 12.1 Å². The summed E-state index contributed by atoms with van der Waals surface area (Å²) in [5, 5.41) is 264. The Bertz CT molecular complexity index is 4050. The Morgan fingerprint density at radius 1 is 0.383 bits per heavy atom. The number of fused-ring (bicyclic) bond motifs is 1. The Hall–Kier alpha value is -4.16. The van der Waals surface area contributed by atoms with Crippen LogP contribution in [-0.2, 0) is 105 Å². The van der Waals surface area contributed by atoms with Gasteiger partial charge in [-0.05, 0) is 31.2 Å². The molecular formula is C70H102N2O45S3. The number of anilines is 1. The van der Waals surface area contributed by atoms with Gasteiger partial charge in [0, 0.05) is 42.1 Å². The molecule has 0 amide bonds. The largest absolute Gasteiger partial charge is 0.480 e. The predicted octanol–water partition coefficient (Wildman–Crippen LogP) is -13.3. The van der Waals surface area contributed by atoms with E-state index in [2.05, 4.69) is 4.72 Å². The fourth-order valence-electron chi connectivity index (χ4n) is 15.4. The molecule has 0 unspecified atom stereocenters. The summed E-state index contributed by atoms with van der Waals surface area (Å²) in [7, 11) is -6.20. The number of rotatable bonds is 19. The second-order valence-electron chi connectivity index (χ2n) is 30.2. The zero-order valence-corrected chi connectivity index (χ0v) is 66.2. The summed E-state index contributed by atoms with van der Waals surface area (Å²) < 4.78 is 158. The van der Waals surface area contributed by atoms with E-state index >= 15 is 0 Å². The Labute approximate surface area is 686 Å². The highest BCUT2D eigenvalue weighted by Gasteiger charge is 2.61. The Kier molecular flexibility index (Phi) is 31.7. The van der Waals surface area contributed by atoms with Crippen LogP contribution in [0.1, 0.15) is 5.56 Å². The van der Waals surface area contributed by atoms with Gasteiger partial charge in [0.15, 0.2) is 50.3 Å². The van der Waals surface area contributed by atoms with Gasteiger partial charge in [0.2, 0.25) is 10.0 Å². The molecule has 30 heterocycles. The van der Waals surface area contributed by atoms with E-state index in [0.29, 0.717) is 28.4 Å². The third kappa shape index (κ3) is 19.8. The standard InChI is InChI=1S/C70H102N2O45S3/c1-23-10-12-24(13-11-23)120(99,100)101-20-35-60-44(85)52(93)69(108-35)115-59-34(19-78)106-67(50(91)42(59)83)113-57-32(17-76)104-65(48(89)40(57)81)111-55-30(15-74)102-63(46(87)38(55)79)110-54-29(14-73)103-64(47(88)39(54)80)112-56-31(16-75)105-66(49(90)41(56)82)114-58-33(18-77)107-68(51(92)43(58)84)117-61-36(109-70(116-60)53(94)45(61)86)22-118-21-27(62(95)96)71-119(97,98)37-9-5-6-25-26(37)7-4-8-28(25)72(2)3/h4-13,27,29-36,38-61,63-71,73-94H,14-22H2,1-3H3,(H,95,96)/t27-,29+,30+,31+,32+,33+,34+,35+,36+,38+,39+,40+,41+,42+,43+,44+,45+,46+,47+,48+,49+,50+,51+,52+,53+,54+,55+,56+,57+,58+,59+,60+,61+,63+,64+,65+,66+,67+,68+,69+,70+/m0/s1. The van der Waals surface area contributed by atoms with Gasteiger partial charge in [-0.3, -0.25) is 8.98 Å². The lowest BCUT2D eigenvalue weighted by atomic mass is 9.95. The zero-order valence-electron chi connectivity index (χ0n) is 63.7. The van der Waals surface area contributed by atoms with Crippen molar-refractivity contribution < 1.29 is 219 Å². The molecule has 3 aromatic carbocycles. The summed E-state index contributed by atoms with van der Waals surface area (Å²) in [6.45, 7) is -6.59. The summed E-state index contributed by atoms with van der Waals surface area (Å²) in [4.78, 5) is 14.0. The van der Waals surface area contributed by atoms with Crippen molar-refractivity contribution in [3.8, 4) is 0 Å². The molecular weight excluding hydrogens is 1680 g/mol. The average molecular weight is 1790 g/mol. The van der Waals surface area contributed by atoms with Crippen molar-refractivity contribution in [2.24, 2.45) is 0 Å². The molecule has 16 bridgehead atoms. The third-order valence-electron chi connectivity index (χ3n) is 22.0. The monoisotopic (exact) mass is 1790 g/mol. The van der Waals surface area contributed by atoms with Gasteiger partial charge in [-0.25, -0.2) is 8.42 Å². The Balaban J connectivity index is 0.863. The van der Waals surface area contributed by atoms with E-state index in [1.54, 1.807) is 44.1 Å². The molecule has 47 nitrogen and oxygen atoms in total. The first-order chi connectivity index (χ1) is 56.9. The molecule has 0 aromatic heterocycles. The molecule has 0 radical (unpaired) electrons. The second-order valence-corrected chi connectivity index (χ2v) is 34.6. The molecule has 0 spiro atoms. The van der Waals surface area contributed by atoms with Crippen LogP contribution < -0.4 is 9.62 Å². The number of carboxylic acid groups (broad SMARTS) is 1. The number of hydrogen-bond acceptors (Lipinski definition) is 46. The van der Waals surface area contributed by atoms with Crippen LogP contribution in [0.5, 0.6) is 0 Å². The molecule has 3 aromatic rings. The third-order valence-corrected chi connectivity index (χ3v) is 26.0. The number of nitrogens with one attached hydrogen (secondary N) is 1. The maximum absolute atomic E-state index is 14.3. The molecule has 0 aliphatic carbocycles. The highest BCUT2D eigenvalue weighted by molar-refractivity contribution is 7.99. The van der Waals surface area contributed by atoms with Crippen LogP contribution >= 0.6 is 11.8 Å². The molecule has 30 saturated heterocycles. The van der Waals surface area contributed by atoms with Crippen molar-refractivity contribution in [1.82, 2.24) is 4.72 Å². The first-order valence-corrected chi connectivity index (χ1v) is 42.0. The van der Waals surface area contributed by atoms with Crippen LogP contribution in [0.4, 0.5) is 5.69 Å².